The lowest BCUT2D eigenvalue weighted by atomic mass is 9.97. The van der Waals surface area contributed by atoms with Gasteiger partial charge in [-0.05, 0) is 37.7 Å². The van der Waals surface area contributed by atoms with Crippen LogP contribution in [0, 0.1) is 0 Å². The van der Waals surface area contributed by atoms with Gasteiger partial charge in [-0.25, -0.2) is 4.68 Å². The highest BCUT2D eigenvalue weighted by Gasteiger charge is 2.30. The maximum Gasteiger partial charge on any atom is 0.166 e. The fourth-order valence-electron chi connectivity index (χ4n) is 3.48. The second-order valence-electron chi connectivity index (χ2n) is 6.39. The third-order valence-electron chi connectivity index (χ3n) is 4.88. The average Bonchev–Trinajstić information content (AvgIpc) is 3.10. The molecule has 1 aliphatic carbocycles. The molecule has 0 saturated carbocycles. The molecule has 0 saturated heterocycles. The summed E-state index contributed by atoms with van der Waals surface area (Å²) < 4.78 is 7.09. The number of anilines is 1. The number of allylic oxidation sites excluding steroid dienone is 5. The second-order valence-corrected chi connectivity index (χ2v) is 6.39. The normalized spacial score (nSPS) is 17.3. The predicted octanol–water partition coefficient (Wildman–Crippen LogP) is 4.15. The molecule has 2 aliphatic rings. The minimum absolute atomic E-state index is 0.408. The molecule has 1 aromatic rings. The molecule has 1 aromatic heterocycles. The Labute approximate surface area is 149 Å². The van der Waals surface area contributed by atoms with Gasteiger partial charge in [-0.15, -0.1) is 0 Å². The van der Waals surface area contributed by atoms with E-state index in [-0.39, 0.29) is 0 Å². The van der Waals surface area contributed by atoms with Crippen molar-refractivity contribution in [1.82, 2.24) is 9.78 Å². The van der Waals surface area contributed by atoms with Crippen LogP contribution in [0.15, 0.2) is 42.3 Å². The maximum atomic E-state index is 11.8. The molecule has 0 spiro atoms. The maximum absolute atomic E-state index is 11.8. The van der Waals surface area contributed by atoms with Gasteiger partial charge in [0.1, 0.15) is 11.6 Å². The molecule has 3 rings (SSSR count). The SMILES string of the molecule is C=C(CN1C(C=O)=C(CC)C(=C)n2nc(C3=CCCCC3)cc21)OC. The third kappa shape index (κ3) is 3.06. The van der Waals surface area contributed by atoms with Gasteiger partial charge in [-0.1, -0.05) is 26.2 Å². The molecule has 0 fully saturated rings. The van der Waals surface area contributed by atoms with E-state index in [1.54, 1.807) is 7.11 Å². The number of ether oxygens (including phenoxy) is 1. The van der Waals surface area contributed by atoms with Crippen molar-refractivity contribution in [3.63, 3.8) is 0 Å². The van der Waals surface area contributed by atoms with Gasteiger partial charge in [0.05, 0.1) is 30.7 Å². The summed E-state index contributed by atoms with van der Waals surface area (Å²) in [6.07, 6.45) is 8.44. The van der Waals surface area contributed by atoms with Crippen LogP contribution in [-0.4, -0.2) is 29.7 Å². The Morgan fingerprint density at radius 3 is 2.84 bits per heavy atom. The Bertz CT molecular complexity index is 783. The van der Waals surface area contributed by atoms with E-state index in [9.17, 15) is 4.79 Å². The smallest absolute Gasteiger partial charge is 0.166 e. The summed E-state index contributed by atoms with van der Waals surface area (Å²) in [7, 11) is 1.59. The fraction of sp³-hybridized carbons (Fsp3) is 0.400. The zero-order valence-electron chi connectivity index (χ0n) is 15.0. The van der Waals surface area contributed by atoms with Gasteiger partial charge in [0.25, 0.3) is 0 Å². The van der Waals surface area contributed by atoms with Gasteiger partial charge in [-0.3, -0.25) is 4.79 Å². The van der Waals surface area contributed by atoms with Crippen molar-refractivity contribution in [2.45, 2.75) is 39.0 Å². The van der Waals surface area contributed by atoms with Crippen LogP contribution in [0.1, 0.15) is 44.7 Å². The van der Waals surface area contributed by atoms with Crippen molar-refractivity contribution in [2.24, 2.45) is 0 Å². The van der Waals surface area contributed by atoms with Crippen molar-refractivity contribution in [1.29, 1.82) is 0 Å². The lowest BCUT2D eigenvalue weighted by Gasteiger charge is -2.32. The van der Waals surface area contributed by atoms with E-state index >= 15 is 0 Å². The summed E-state index contributed by atoms with van der Waals surface area (Å²) in [6.45, 7) is 10.5. The number of carbonyl (C=O) groups excluding carboxylic acids is 1. The fourth-order valence-corrected chi connectivity index (χ4v) is 3.48. The molecule has 5 heteroatoms. The first-order chi connectivity index (χ1) is 12.1. The zero-order chi connectivity index (χ0) is 18.0. The minimum atomic E-state index is 0.408. The van der Waals surface area contributed by atoms with E-state index in [0.29, 0.717) is 24.4 Å². The number of carbonyl (C=O) groups is 1. The molecular formula is C20H25N3O2. The van der Waals surface area contributed by atoms with Gasteiger partial charge in [-0.2, -0.15) is 5.10 Å². The molecule has 1 aliphatic heterocycles. The monoisotopic (exact) mass is 339 g/mol. The Hall–Kier alpha value is -2.56. The van der Waals surface area contributed by atoms with Crippen LogP contribution in [0.25, 0.3) is 11.3 Å². The predicted molar refractivity (Wildman–Crippen MR) is 101 cm³/mol. The van der Waals surface area contributed by atoms with E-state index in [4.69, 9.17) is 9.84 Å². The summed E-state index contributed by atoms with van der Waals surface area (Å²) in [6, 6.07) is 2.04. The topological polar surface area (TPSA) is 47.4 Å². The van der Waals surface area contributed by atoms with Gasteiger partial charge >= 0.3 is 0 Å². The Morgan fingerprint density at radius 1 is 1.44 bits per heavy atom. The number of hydrogen-bond donors (Lipinski definition) is 0. The van der Waals surface area contributed by atoms with E-state index < -0.39 is 0 Å². The summed E-state index contributed by atoms with van der Waals surface area (Å²) in [5, 5.41) is 4.79. The minimum Gasteiger partial charge on any atom is -0.500 e. The van der Waals surface area contributed by atoms with Crippen molar-refractivity contribution in [3.05, 3.63) is 48.0 Å². The van der Waals surface area contributed by atoms with E-state index in [1.807, 2.05) is 22.6 Å². The van der Waals surface area contributed by atoms with Crippen molar-refractivity contribution < 1.29 is 9.53 Å². The second kappa shape index (κ2) is 7.13. The Balaban J connectivity index is 2.09. The number of hydrogen-bond acceptors (Lipinski definition) is 4. The molecule has 5 nitrogen and oxygen atoms in total. The van der Waals surface area contributed by atoms with E-state index in [2.05, 4.69) is 19.2 Å². The number of fused-ring (bicyclic) bond motifs is 1. The van der Waals surface area contributed by atoms with Crippen LogP contribution < -0.4 is 4.90 Å². The number of methoxy groups -OCH3 is 1. The summed E-state index contributed by atoms with van der Waals surface area (Å²) in [5.41, 5.74) is 4.52. The van der Waals surface area contributed by atoms with Crippen molar-refractivity contribution >= 4 is 23.4 Å². The average molecular weight is 339 g/mol. The molecule has 0 radical (unpaired) electrons. The van der Waals surface area contributed by atoms with Crippen LogP contribution in [-0.2, 0) is 9.53 Å². The molecular weight excluding hydrogens is 314 g/mol. The first-order valence-electron chi connectivity index (χ1n) is 8.77. The van der Waals surface area contributed by atoms with Crippen LogP contribution in [0.4, 0.5) is 5.82 Å². The molecule has 0 N–H and O–H groups in total. The molecule has 132 valence electrons. The van der Waals surface area contributed by atoms with Gasteiger partial charge < -0.3 is 9.64 Å². The summed E-state index contributed by atoms with van der Waals surface area (Å²) >= 11 is 0. The molecule has 0 unspecified atom stereocenters. The Morgan fingerprint density at radius 2 is 2.24 bits per heavy atom. The standard InChI is InChI=1S/C20H25N3O2/c1-5-17-15(3)23-20(22(19(17)13-24)12-14(2)25-4)11-18(21-23)16-9-7-6-8-10-16/h9,11,13H,2-3,5-8,10,12H2,1,4H3. The molecule has 25 heavy (non-hydrogen) atoms. The highest BCUT2D eigenvalue weighted by atomic mass is 16.5. The molecule has 2 heterocycles. The molecule has 0 amide bonds. The first kappa shape index (κ1) is 17.3. The Kier molecular flexibility index (Phi) is 4.93. The first-order valence-corrected chi connectivity index (χ1v) is 8.77. The van der Waals surface area contributed by atoms with Crippen molar-refractivity contribution in [2.75, 3.05) is 18.6 Å². The quantitative estimate of drug-likeness (QED) is 0.577. The van der Waals surface area contributed by atoms with E-state index in [0.717, 1.165) is 41.9 Å². The number of aromatic nitrogens is 2. The van der Waals surface area contributed by atoms with Gasteiger partial charge in [0, 0.05) is 11.6 Å². The zero-order valence-corrected chi connectivity index (χ0v) is 15.0. The number of nitrogens with zero attached hydrogens (tertiary/aromatic N) is 3. The van der Waals surface area contributed by atoms with Crippen LogP contribution in [0.3, 0.4) is 0 Å². The van der Waals surface area contributed by atoms with Gasteiger partial charge in [0.15, 0.2) is 6.29 Å². The van der Waals surface area contributed by atoms with Crippen LogP contribution in [0.5, 0.6) is 0 Å². The van der Waals surface area contributed by atoms with Crippen LogP contribution in [0.2, 0.25) is 0 Å². The van der Waals surface area contributed by atoms with E-state index in [1.165, 1.54) is 18.4 Å². The highest BCUT2D eigenvalue weighted by Crippen LogP contribution is 2.38. The largest absolute Gasteiger partial charge is 0.500 e. The molecule has 0 bridgehead atoms. The van der Waals surface area contributed by atoms with Crippen molar-refractivity contribution in [3.8, 4) is 0 Å². The third-order valence-corrected chi connectivity index (χ3v) is 4.88. The highest BCUT2D eigenvalue weighted by molar-refractivity contribution is 5.90. The summed E-state index contributed by atoms with van der Waals surface area (Å²) in [5.74, 6) is 1.43. The lowest BCUT2D eigenvalue weighted by Crippen LogP contribution is -2.33. The number of aldehydes is 1. The lowest BCUT2D eigenvalue weighted by molar-refractivity contribution is -0.105. The van der Waals surface area contributed by atoms with Crippen LogP contribution >= 0.6 is 0 Å². The molecule has 0 atom stereocenters. The van der Waals surface area contributed by atoms with Gasteiger partial charge in [0.2, 0.25) is 0 Å². The molecule has 0 aromatic carbocycles. The summed E-state index contributed by atoms with van der Waals surface area (Å²) in [4.78, 5) is 13.7. The number of rotatable bonds is 6.